The van der Waals surface area contributed by atoms with Crippen LogP contribution >= 0.6 is 11.8 Å². The first-order valence-electron chi connectivity index (χ1n) is 8.63. The monoisotopic (exact) mass is 407 g/mol. The molecular formula is C20H20F3N3OS. The summed E-state index contributed by atoms with van der Waals surface area (Å²) < 4.78 is 41.4. The summed E-state index contributed by atoms with van der Waals surface area (Å²) in [4.78, 5) is 18.7. The number of halogens is 3. The second-order valence-corrected chi connectivity index (χ2v) is 7.31. The number of likely N-dealkylation sites (N-methyl/N-ethyl adjacent to an activating group) is 1. The zero-order valence-corrected chi connectivity index (χ0v) is 16.3. The highest BCUT2D eigenvalue weighted by Gasteiger charge is 2.33. The maximum Gasteiger partial charge on any atom is 0.416 e. The lowest BCUT2D eigenvalue weighted by atomic mass is 10.1. The van der Waals surface area contributed by atoms with Crippen molar-refractivity contribution < 1.29 is 18.0 Å². The highest BCUT2D eigenvalue weighted by atomic mass is 32.2. The van der Waals surface area contributed by atoms with Crippen LogP contribution in [0.25, 0.3) is 11.0 Å². The van der Waals surface area contributed by atoms with Gasteiger partial charge in [0.25, 0.3) is 0 Å². The normalized spacial score (nSPS) is 11.8. The number of imidazole rings is 1. The van der Waals surface area contributed by atoms with Gasteiger partial charge in [0, 0.05) is 13.6 Å². The molecule has 1 aromatic heterocycles. The van der Waals surface area contributed by atoms with Crippen LogP contribution in [0, 0.1) is 0 Å². The van der Waals surface area contributed by atoms with Crippen molar-refractivity contribution in [1.82, 2.24) is 14.5 Å². The molecule has 28 heavy (non-hydrogen) atoms. The number of rotatable bonds is 6. The van der Waals surface area contributed by atoms with Gasteiger partial charge in [-0.1, -0.05) is 30.3 Å². The molecule has 1 heterocycles. The van der Waals surface area contributed by atoms with Crippen LogP contribution < -0.4 is 0 Å². The molecule has 1 amide bonds. The van der Waals surface area contributed by atoms with Crippen LogP contribution in [0.3, 0.4) is 0 Å². The number of benzene rings is 2. The van der Waals surface area contributed by atoms with Gasteiger partial charge >= 0.3 is 6.18 Å². The minimum atomic E-state index is -4.45. The topological polar surface area (TPSA) is 38.1 Å². The minimum Gasteiger partial charge on any atom is -0.340 e. The van der Waals surface area contributed by atoms with E-state index in [0.717, 1.165) is 22.9 Å². The molecule has 8 heteroatoms. The first-order chi connectivity index (χ1) is 13.3. The Balaban J connectivity index is 1.83. The van der Waals surface area contributed by atoms with E-state index < -0.39 is 11.7 Å². The summed E-state index contributed by atoms with van der Waals surface area (Å²) in [7, 11) is 1.52. The maximum atomic E-state index is 13.2. The Hall–Kier alpha value is -2.48. The molecule has 3 rings (SSSR count). The Morgan fingerprint density at radius 2 is 1.82 bits per heavy atom. The Kier molecular flexibility index (Phi) is 5.98. The molecule has 4 nitrogen and oxygen atoms in total. The smallest absolute Gasteiger partial charge is 0.340 e. The zero-order valence-electron chi connectivity index (χ0n) is 15.5. The molecule has 0 saturated heterocycles. The largest absolute Gasteiger partial charge is 0.416 e. The predicted molar refractivity (Wildman–Crippen MR) is 105 cm³/mol. The van der Waals surface area contributed by atoms with E-state index in [0.29, 0.717) is 5.75 Å². The predicted octanol–water partition coefficient (Wildman–Crippen LogP) is 4.58. The van der Waals surface area contributed by atoms with Crippen LogP contribution in [-0.4, -0.2) is 33.7 Å². The number of carbonyl (C=O) groups excluding carboxylic acids is 1. The number of aromatic nitrogens is 2. The van der Waals surface area contributed by atoms with Crippen molar-refractivity contribution in [2.45, 2.75) is 25.0 Å². The molecule has 148 valence electrons. The summed E-state index contributed by atoms with van der Waals surface area (Å²) in [5.41, 5.74) is 0.991. The summed E-state index contributed by atoms with van der Waals surface area (Å²) >= 11 is 1.59. The third-order valence-corrected chi connectivity index (χ3v) is 5.00. The van der Waals surface area contributed by atoms with Crippen LogP contribution in [0.1, 0.15) is 17.0 Å². The van der Waals surface area contributed by atoms with E-state index in [9.17, 15) is 18.0 Å². The van der Waals surface area contributed by atoms with Gasteiger partial charge in [0.1, 0.15) is 12.4 Å². The molecule has 0 fully saturated rings. The second-order valence-electron chi connectivity index (χ2n) is 6.44. The number of nitrogens with zero attached hydrogens (tertiary/aromatic N) is 3. The molecule has 0 spiro atoms. The molecule has 0 unspecified atom stereocenters. The van der Waals surface area contributed by atoms with Gasteiger partial charge in [-0.05, 0) is 30.0 Å². The van der Waals surface area contributed by atoms with Crippen LogP contribution in [0.15, 0.2) is 48.5 Å². The number of para-hydroxylation sites is 2. The molecule has 0 bridgehead atoms. The number of hydrogen-bond acceptors (Lipinski definition) is 3. The van der Waals surface area contributed by atoms with E-state index in [2.05, 4.69) is 4.98 Å². The molecule has 2 aromatic carbocycles. The van der Waals surface area contributed by atoms with Gasteiger partial charge in [0.15, 0.2) is 0 Å². The van der Waals surface area contributed by atoms with Crippen molar-refractivity contribution in [3.8, 4) is 0 Å². The highest BCUT2D eigenvalue weighted by molar-refractivity contribution is 7.97. The van der Waals surface area contributed by atoms with E-state index in [1.807, 2.05) is 35.1 Å². The lowest BCUT2D eigenvalue weighted by Gasteiger charge is -2.21. The lowest BCUT2D eigenvalue weighted by Crippen LogP contribution is -2.31. The molecule has 0 aliphatic rings. The average Bonchev–Trinajstić information content (AvgIpc) is 2.99. The Morgan fingerprint density at radius 3 is 2.54 bits per heavy atom. The molecule has 0 saturated carbocycles. The fourth-order valence-corrected chi connectivity index (χ4v) is 3.55. The van der Waals surface area contributed by atoms with Crippen molar-refractivity contribution >= 4 is 28.7 Å². The van der Waals surface area contributed by atoms with Gasteiger partial charge < -0.3 is 9.47 Å². The van der Waals surface area contributed by atoms with Crippen molar-refractivity contribution in [1.29, 1.82) is 0 Å². The minimum absolute atomic E-state index is 0.0289. The zero-order chi connectivity index (χ0) is 20.3. The highest BCUT2D eigenvalue weighted by Crippen LogP contribution is 2.32. The van der Waals surface area contributed by atoms with E-state index in [1.54, 1.807) is 17.8 Å². The fourth-order valence-electron chi connectivity index (χ4n) is 3.08. The molecule has 0 atom stereocenters. The SMILES string of the molecule is CSCc1nc2ccccc2n1CC(=O)N(C)Cc1ccccc1C(F)(F)F. The lowest BCUT2D eigenvalue weighted by molar-refractivity contribution is -0.139. The third-order valence-electron chi connectivity index (χ3n) is 4.46. The van der Waals surface area contributed by atoms with E-state index in [1.165, 1.54) is 24.1 Å². The summed E-state index contributed by atoms with van der Waals surface area (Å²) in [5, 5.41) is 0. The van der Waals surface area contributed by atoms with Gasteiger partial charge in [-0.2, -0.15) is 24.9 Å². The van der Waals surface area contributed by atoms with Gasteiger partial charge in [-0.3, -0.25) is 4.79 Å². The van der Waals surface area contributed by atoms with Crippen molar-refractivity contribution in [2.75, 3.05) is 13.3 Å². The third kappa shape index (κ3) is 4.32. The first kappa shape index (κ1) is 20.3. The fraction of sp³-hybridized carbons (Fsp3) is 0.300. The van der Waals surface area contributed by atoms with Crippen LogP contribution in [-0.2, 0) is 29.8 Å². The van der Waals surface area contributed by atoms with Gasteiger partial charge in [0.05, 0.1) is 22.3 Å². The number of thioether (sulfide) groups is 1. The van der Waals surface area contributed by atoms with E-state index >= 15 is 0 Å². The number of hydrogen-bond donors (Lipinski definition) is 0. The van der Waals surface area contributed by atoms with Gasteiger partial charge in [-0.25, -0.2) is 4.98 Å². The standard InChI is InChI=1S/C20H20F3N3OS/c1-25(11-14-7-3-4-8-15(14)20(21,22)23)19(27)12-26-17-10-6-5-9-16(17)24-18(26)13-28-2/h3-10H,11-13H2,1-2H3. The summed E-state index contributed by atoms with van der Waals surface area (Å²) in [6.45, 7) is -0.0832. The molecule has 3 aromatic rings. The molecule has 0 radical (unpaired) electrons. The Bertz CT molecular complexity index is 984. The summed E-state index contributed by atoms with van der Waals surface area (Å²) in [6.07, 6.45) is -2.50. The van der Waals surface area contributed by atoms with Gasteiger partial charge in [0.2, 0.25) is 5.91 Å². The first-order valence-corrected chi connectivity index (χ1v) is 10.0. The number of carbonyl (C=O) groups is 1. The maximum absolute atomic E-state index is 13.2. The van der Waals surface area contributed by atoms with Crippen LogP contribution in [0.5, 0.6) is 0 Å². The van der Waals surface area contributed by atoms with Crippen LogP contribution in [0.2, 0.25) is 0 Å². The van der Waals surface area contributed by atoms with Gasteiger partial charge in [-0.15, -0.1) is 0 Å². The van der Waals surface area contributed by atoms with E-state index in [4.69, 9.17) is 0 Å². The Labute approximate surface area is 165 Å². The molecular weight excluding hydrogens is 387 g/mol. The quantitative estimate of drug-likeness (QED) is 0.601. The van der Waals surface area contributed by atoms with Crippen LogP contribution in [0.4, 0.5) is 13.2 Å². The second kappa shape index (κ2) is 8.26. The van der Waals surface area contributed by atoms with Crippen molar-refractivity contribution in [3.05, 3.63) is 65.5 Å². The van der Waals surface area contributed by atoms with E-state index in [-0.39, 0.29) is 24.6 Å². The Morgan fingerprint density at radius 1 is 1.14 bits per heavy atom. The summed E-state index contributed by atoms with van der Waals surface area (Å²) in [6, 6.07) is 12.8. The van der Waals surface area contributed by atoms with Crippen molar-refractivity contribution in [2.24, 2.45) is 0 Å². The molecule has 0 aliphatic carbocycles. The molecule has 0 N–H and O–H groups in total. The average molecular weight is 407 g/mol. The molecule has 0 aliphatic heterocycles. The number of alkyl halides is 3. The van der Waals surface area contributed by atoms with Crippen molar-refractivity contribution in [3.63, 3.8) is 0 Å². The number of fused-ring (bicyclic) bond motifs is 1. The number of amides is 1. The summed E-state index contributed by atoms with van der Waals surface area (Å²) in [5.74, 6) is 1.14.